The molecule has 0 saturated heterocycles. The van der Waals surface area contributed by atoms with Gasteiger partial charge in [0.25, 0.3) is 0 Å². The summed E-state index contributed by atoms with van der Waals surface area (Å²) < 4.78 is 20.9. The molecule has 1 heterocycles. The van der Waals surface area contributed by atoms with Crippen molar-refractivity contribution in [1.29, 1.82) is 5.26 Å². The third-order valence-corrected chi connectivity index (χ3v) is 5.68. The molecule has 3 aromatic rings. The van der Waals surface area contributed by atoms with Crippen molar-refractivity contribution in [3.05, 3.63) is 59.9 Å². The highest BCUT2D eigenvalue weighted by Crippen LogP contribution is 2.28. The third-order valence-electron chi connectivity index (χ3n) is 5.68. The van der Waals surface area contributed by atoms with Crippen LogP contribution in [0.25, 0.3) is 16.9 Å². The lowest BCUT2D eigenvalue weighted by atomic mass is 9.96. The Morgan fingerprint density at radius 1 is 1.06 bits per heavy atom. The summed E-state index contributed by atoms with van der Waals surface area (Å²) in [7, 11) is 5.44. The zero-order chi connectivity index (χ0) is 22.9. The molecule has 0 bridgehead atoms. The Labute approximate surface area is 189 Å². The average molecular weight is 436 g/mol. The second-order valence-corrected chi connectivity index (χ2v) is 7.70. The number of halogens is 1. The summed E-state index contributed by atoms with van der Waals surface area (Å²) in [6.45, 7) is 0. The summed E-state index contributed by atoms with van der Waals surface area (Å²) in [6.07, 6.45) is 7.13. The number of benzene rings is 2. The summed E-state index contributed by atoms with van der Waals surface area (Å²) in [5.41, 5.74) is 2.18. The van der Waals surface area contributed by atoms with Crippen LogP contribution in [0.1, 0.15) is 37.7 Å². The van der Waals surface area contributed by atoms with Crippen molar-refractivity contribution in [2.45, 2.75) is 38.1 Å². The van der Waals surface area contributed by atoms with Gasteiger partial charge in [0.1, 0.15) is 23.5 Å². The molecule has 4 rings (SSSR count). The average Bonchev–Trinajstić information content (AvgIpc) is 3.29. The molecule has 1 fully saturated rings. The minimum atomic E-state index is -0.552. The monoisotopic (exact) mass is 435 g/mol. The second-order valence-electron chi connectivity index (χ2n) is 7.70. The van der Waals surface area contributed by atoms with Crippen molar-refractivity contribution in [2.75, 3.05) is 26.5 Å². The van der Waals surface area contributed by atoms with Gasteiger partial charge < -0.3 is 15.4 Å². The smallest absolute Gasteiger partial charge is 0.148 e. The van der Waals surface area contributed by atoms with Crippen molar-refractivity contribution in [1.82, 2.24) is 15.1 Å². The third kappa shape index (κ3) is 5.65. The normalized spacial score (nSPS) is 13.6. The van der Waals surface area contributed by atoms with Gasteiger partial charge in [-0.25, -0.2) is 9.07 Å². The van der Waals surface area contributed by atoms with Gasteiger partial charge in [-0.1, -0.05) is 25.3 Å². The van der Waals surface area contributed by atoms with Crippen LogP contribution in [-0.4, -0.2) is 37.0 Å². The molecule has 0 amide bonds. The summed E-state index contributed by atoms with van der Waals surface area (Å²) >= 11 is 0. The van der Waals surface area contributed by atoms with Crippen LogP contribution in [0.2, 0.25) is 0 Å². The van der Waals surface area contributed by atoms with E-state index in [1.807, 2.05) is 36.4 Å². The highest BCUT2D eigenvalue weighted by atomic mass is 19.1. The van der Waals surface area contributed by atoms with E-state index in [0.29, 0.717) is 17.1 Å². The number of nitriles is 1. The van der Waals surface area contributed by atoms with Crippen LogP contribution in [0.15, 0.2) is 48.5 Å². The van der Waals surface area contributed by atoms with E-state index in [-0.39, 0.29) is 5.56 Å². The summed E-state index contributed by atoms with van der Waals surface area (Å²) in [5, 5.41) is 19.6. The summed E-state index contributed by atoms with van der Waals surface area (Å²) in [5.74, 6) is 0.847. The first-order chi connectivity index (χ1) is 15.6. The van der Waals surface area contributed by atoms with E-state index in [1.54, 1.807) is 24.9 Å². The highest BCUT2D eigenvalue weighted by Gasteiger charge is 2.13. The van der Waals surface area contributed by atoms with E-state index in [2.05, 4.69) is 22.8 Å². The number of ether oxygens (including phenoxy) is 1. The van der Waals surface area contributed by atoms with Crippen molar-refractivity contribution in [2.24, 2.45) is 0 Å². The van der Waals surface area contributed by atoms with E-state index in [0.717, 1.165) is 17.5 Å². The Bertz CT molecular complexity index is 1050. The number of hydrogen-bond acceptors (Lipinski definition) is 5. The van der Waals surface area contributed by atoms with E-state index >= 15 is 0 Å². The van der Waals surface area contributed by atoms with Crippen molar-refractivity contribution in [3.8, 4) is 28.8 Å². The van der Waals surface area contributed by atoms with E-state index in [9.17, 15) is 4.39 Å². The molecular formula is C25H30FN5O. The fourth-order valence-corrected chi connectivity index (χ4v) is 3.79. The maximum atomic E-state index is 14.0. The highest BCUT2D eigenvalue weighted by molar-refractivity contribution is 5.67. The van der Waals surface area contributed by atoms with Gasteiger partial charge in [-0.05, 0) is 56.3 Å². The molecule has 6 nitrogen and oxygen atoms in total. The largest absolute Gasteiger partial charge is 0.497 e. The number of methoxy groups -OCH3 is 1. The Morgan fingerprint density at radius 2 is 1.78 bits per heavy atom. The SMILES string of the molecule is CNC1CCCCC1.CNc1cc(-c2ccc(C#N)c(F)c2)n(-c2ccc(OC)cc2)n1. The Kier molecular flexibility index (Phi) is 8.23. The number of anilines is 1. The van der Waals surface area contributed by atoms with Gasteiger partial charge in [0, 0.05) is 24.7 Å². The Balaban J connectivity index is 0.000000305. The van der Waals surface area contributed by atoms with Gasteiger partial charge in [-0.3, -0.25) is 0 Å². The minimum absolute atomic E-state index is 0.0168. The number of hydrogen-bond donors (Lipinski definition) is 2. The Hall–Kier alpha value is -3.37. The predicted molar refractivity (Wildman–Crippen MR) is 126 cm³/mol. The van der Waals surface area contributed by atoms with Crippen molar-refractivity contribution < 1.29 is 9.13 Å². The van der Waals surface area contributed by atoms with Gasteiger partial charge in [-0.2, -0.15) is 5.26 Å². The molecule has 0 atom stereocenters. The van der Waals surface area contributed by atoms with Crippen molar-refractivity contribution in [3.63, 3.8) is 0 Å². The lowest BCUT2D eigenvalue weighted by Crippen LogP contribution is -2.26. The molecular weight excluding hydrogens is 405 g/mol. The molecule has 7 heteroatoms. The van der Waals surface area contributed by atoms with Crippen LogP contribution in [0.5, 0.6) is 5.75 Å². The van der Waals surface area contributed by atoms with Gasteiger partial charge in [0.15, 0.2) is 0 Å². The summed E-state index contributed by atoms with van der Waals surface area (Å²) in [4.78, 5) is 0. The number of rotatable bonds is 5. The number of nitrogens with one attached hydrogen (secondary N) is 2. The van der Waals surface area contributed by atoms with Crippen LogP contribution < -0.4 is 15.4 Å². The molecule has 0 spiro atoms. The number of nitrogens with zero attached hydrogens (tertiary/aromatic N) is 3. The maximum Gasteiger partial charge on any atom is 0.148 e. The van der Waals surface area contributed by atoms with Crippen molar-refractivity contribution >= 4 is 5.82 Å². The molecule has 1 aliphatic carbocycles. The topological polar surface area (TPSA) is 74.9 Å². The molecule has 32 heavy (non-hydrogen) atoms. The Morgan fingerprint density at radius 3 is 2.31 bits per heavy atom. The van der Waals surface area contributed by atoms with Crippen LogP contribution in [0.3, 0.4) is 0 Å². The van der Waals surface area contributed by atoms with Crippen LogP contribution >= 0.6 is 0 Å². The quantitative estimate of drug-likeness (QED) is 0.580. The number of aromatic nitrogens is 2. The van der Waals surface area contributed by atoms with E-state index < -0.39 is 5.82 Å². The minimum Gasteiger partial charge on any atom is -0.497 e. The fourth-order valence-electron chi connectivity index (χ4n) is 3.79. The van der Waals surface area contributed by atoms with Gasteiger partial charge in [-0.15, -0.1) is 5.10 Å². The molecule has 2 N–H and O–H groups in total. The molecule has 0 unspecified atom stereocenters. The van der Waals surface area contributed by atoms with Crippen LogP contribution in [-0.2, 0) is 0 Å². The van der Waals surface area contributed by atoms with Gasteiger partial charge in [0.2, 0.25) is 0 Å². The lowest BCUT2D eigenvalue weighted by Gasteiger charge is -2.20. The zero-order valence-electron chi connectivity index (χ0n) is 18.9. The first-order valence-corrected chi connectivity index (χ1v) is 10.9. The van der Waals surface area contributed by atoms with Gasteiger partial charge in [0.05, 0.1) is 24.1 Å². The first kappa shape index (κ1) is 23.3. The standard InChI is InChI=1S/C18H15FN4O.C7H15N/c1-21-18-10-17(12-3-4-13(11-20)16(19)9-12)23(22-18)14-5-7-15(24-2)8-6-14;1-8-7-5-3-2-4-6-7/h3-10H,1-2H3,(H,21,22);7-8H,2-6H2,1H3. The molecule has 168 valence electrons. The molecule has 1 aliphatic rings. The fraction of sp³-hybridized carbons (Fsp3) is 0.360. The molecule has 0 radical (unpaired) electrons. The molecule has 1 aromatic heterocycles. The lowest BCUT2D eigenvalue weighted by molar-refractivity contribution is 0.394. The second kappa shape index (κ2) is 11.3. The van der Waals surface area contributed by atoms with Crippen LogP contribution in [0.4, 0.5) is 10.2 Å². The molecule has 2 aromatic carbocycles. The zero-order valence-corrected chi connectivity index (χ0v) is 18.9. The maximum absolute atomic E-state index is 14.0. The predicted octanol–water partition coefficient (Wildman–Crippen LogP) is 5.14. The van der Waals surface area contributed by atoms with Crippen LogP contribution in [0, 0.1) is 17.1 Å². The molecule has 1 saturated carbocycles. The van der Waals surface area contributed by atoms with E-state index in [4.69, 9.17) is 10.00 Å². The van der Waals surface area contributed by atoms with Gasteiger partial charge >= 0.3 is 0 Å². The molecule has 0 aliphatic heterocycles. The first-order valence-electron chi connectivity index (χ1n) is 10.9. The summed E-state index contributed by atoms with van der Waals surface area (Å²) in [6, 6.07) is 16.4. The van der Waals surface area contributed by atoms with E-state index in [1.165, 1.54) is 44.2 Å².